The van der Waals surface area contributed by atoms with Crippen LogP contribution < -0.4 is 5.32 Å². The Kier molecular flexibility index (Phi) is 1.76. The van der Waals surface area contributed by atoms with Crippen LogP contribution in [0.1, 0.15) is 0 Å². The van der Waals surface area contributed by atoms with E-state index >= 15 is 0 Å². The number of nitrogens with one attached hydrogen (secondary N) is 1. The maximum atomic E-state index is 5.48. The lowest BCUT2D eigenvalue weighted by molar-refractivity contribution is 0.804. The van der Waals surface area contributed by atoms with E-state index in [2.05, 4.69) is 10.3 Å². The highest BCUT2D eigenvalue weighted by atomic mass is 35.5. The number of rotatable bonds is 0. The molecule has 8 heavy (non-hydrogen) atoms. The third-order valence-corrected chi connectivity index (χ3v) is 1.14. The molecule has 1 aliphatic rings. The molecule has 0 amide bonds. The molecule has 1 unspecified atom stereocenters. The van der Waals surface area contributed by atoms with E-state index in [-0.39, 0.29) is 0 Å². The summed E-state index contributed by atoms with van der Waals surface area (Å²) in [5, 5.41) is 3.16. The molecule has 0 radical (unpaired) electrons. The number of halogens is 2. The topological polar surface area (TPSA) is 24.4 Å². The van der Waals surface area contributed by atoms with E-state index in [1.165, 1.54) is 0 Å². The first kappa shape index (κ1) is 5.92. The highest BCUT2D eigenvalue weighted by Crippen LogP contribution is 2.01. The van der Waals surface area contributed by atoms with Gasteiger partial charge in [0.05, 0.1) is 0 Å². The summed E-state index contributed by atoms with van der Waals surface area (Å²) in [5.74, 6) is 0. The molecule has 0 saturated heterocycles. The summed E-state index contributed by atoms with van der Waals surface area (Å²) in [6.07, 6.45) is 3.30. The van der Waals surface area contributed by atoms with Crippen LogP contribution in [0.15, 0.2) is 17.3 Å². The van der Waals surface area contributed by atoms with E-state index in [9.17, 15) is 0 Å². The molecular formula is C4H4Cl2N2. The van der Waals surface area contributed by atoms with Gasteiger partial charge in [-0.15, -0.1) is 0 Å². The van der Waals surface area contributed by atoms with Crippen molar-refractivity contribution in [2.75, 3.05) is 0 Å². The minimum Gasteiger partial charge on any atom is -0.357 e. The van der Waals surface area contributed by atoms with Crippen LogP contribution >= 0.6 is 23.2 Å². The first-order chi connectivity index (χ1) is 3.79. The normalized spacial score (nSPS) is 26.8. The summed E-state index contributed by atoms with van der Waals surface area (Å²) in [6, 6.07) is 0. The molecule has 44 valence electrons. The van der Waals surface area contributed by atoms with Crippen LogP contribution in [0.2, 0.25) is 0 Å². The maximum absolute atomic E-state index is 5.48. The van der Waals surface area contributed by atoms with Gasteiger partial charge in [0.25, 0.3) is 0 Å². The van der Waals surface area contributed by atoms with Crippen molar-refractivity contribution < 1.29 is 0 Å². The molecular weight excluding hydrogens is 147 g/mol. The Morgan fingerprint density at radius 2 is 2.50 bits per heavy atom. The van der Waals surface area contributed by atoms with Crippen molar-refractivity contribution in [3.8, 4) is 0 Å². The zero-order valence-corrected chi connectivity index (χ0v) is 5.45. The van der Waals surface area contributed by atoms with E-state index in [1.54, 1.807) is 12.3 Å². The molecule has 1 N–H and O–H groups in total. The smallest absolute Gasteiger partial charge is 0.196 e. The molecule has 0 saturated carbocycles. The SMILES string of the molecule is ClC1=NC(Cl)NC=C1. The quantitative estimate of drug-likeness (QED) is 0.409. The molecule has 2 nitrogen and oxygen atoms in total. The number of nitrogens with zero attached hydrogens (tertiary/aromatic N) is 1. The van der Waals surface area contributed by atoms with Crippen LogP contribution in [0.25, 0.3) is 0 Å². The number of hydrogen-bond acceptors (Lipinski definition) is 2. The average molecular weight is 151 g/mol. The fraction of sp³-hybridized carbons (Fsp3) is 0.250. The van der Waals surface area contributed by atoms with Crippen molar-refractivity contribution in [1.29, 1.82) is 0 Å². The van der Waals surface area contributed by atoms with Crippen molar-refractivity contribution in [3.05, 3.63) is 12.3 Å². The van der Waals surface area contributed by atoms with Gasteiger partial charge in [-0.25, -0.2) is 4.99 Å². The van der Waals surface area contributed by atoms with Gasteiger partial charge in [-0.2, -0.15) is 0 Å². The van der Waals surface area contributed by atoms with E-state index < -0.39 is 5.62 Å². The molecule has 1 atom stereocenters. The van der Waals surface area contributed by atoms with Crippen LogP contribution in [-0.2, 0) is 0 Å². The second kappa shape index (κ2) is 2.37. The first-order valence-electron chi connectivity index (χ1n) is 2.09. The third kappa shape index (κ3) is 1.39. The summed E-state index contributed by atoms with van der Waals surface area (Å²) in [4.78, 5) is 3.73. The van der Waals surface area contributed by atoms with Crippen molar-refractivity contribution in [3.63, 3.8) is 0 Å². The van der Waals surface area contributed by atoms with Gasteiger partial charge in [-0.1, -0.05) is 23.2 Å². The Morgan fingerprint density at radius 3 is 2.88 bits per heavy atom. The highest BCUT2D eigenvalue weighted by Gasteiger charge is 2.01. The molecule has 0 aliphatic carbocycles. The average Bonchev–Trinajstić information content (AvgIpc) is 1.64. The van der Waals surface area contributed by atoms with Gasteiger partial charge in [-0.05, 0) is 6.08 Å². The fourth-order valence-corrected chi connectivity index (χ4v) is 0.773. The minimum absolute atomic E-state index is 0.396. The molecule has 4 heteroatoms. The van der Waals surface area contributed by atoms with Gasteiger partial charge in [-0.3, -0.25) is 0 Å². The van der Waals surface area contributed by atoms with Gasteiger partial charge in [0.1, 0.15) is 5.17 Å². The molecule has 1 heterocycles. The van der Waals surface area contributed by atoms with Crippen molar-refractivity contribution in [2.45, 2.75) is 5.62 Å². The van der Waals surface area contributed by atoms with Crippen molar-refractivity contribution in [2.24, 2.45) is 4.99 Å². The predicted molar refractivity (Wildman–Crippen MR) is 35.2 cm³/mol. The number of hydrogen-bond donors (Lipinski definition) is 1. The third-order valence-electron chi connectivity index (χ3n) is 0.691. The van der Waals surface area contributed by atoms with E-state index in [4.69, 9.17) is 23.2 Å². The first-order valence-corrected chi connectivity index (χ1v) is 2.90. The Labute approximate surface area is 57.2 Å². The Morgan fingerprint density at radius 1 is 1.75 bits per heavy atom. The van der Waals surface area contributed by atoms with Crippen molar-refractivity contribution >= 4 is 28.4 Å². The lowest BCUT2D eigenvalue weighted by Gasteiger charge is -2.07. The second-order valence-electron chi connectivity index (χ2n) is 1.29. The van der Waals surface area contributed by atoms with Gasteiger partial charge in [0.2, 0.25) is 0 Å². The number of aliphatic imine (C=N–C) groups is 1. The Bertz CT molecular complexity index is 141. The summed E-state index contributed by atoms with van der Waals surface area (Å²) in [6.45, 7) is 0. The molecule has 0 bridgehead atoms. The van der Waals surface area contributed by atoms with E-state index in [0.29, 0.717) is 5.17 Å². The summed E-state index contributed by atoms with van der Waals surface area (Å²) in [7, 11) is 0. The molecule has 0 spiro atoms. The van der Waals surface area contributed by atoms with Gasteiger partial charge >= 0.3 is 0 Å². The zero-order valence-electron chi connectivity index (χ0n) is 3.94. The maximum Gasteiger partial charge on any atom is 0.196 e. The minimum atomic E-state index is -0.396. The predicted octanol–water partition coefficient (Wildman–Crippen LogP) is 1.26. The van der Waals surface area contributed by atoms with Crippen LogP contribution in [0.3, 0.4) is 0 Å². The van der Waals surface area contributed by atoms with Gasteiger partial charge in [0, 0.05) is 6.20 Å². The van der Waals surface area contributed by atoms with E-state index in [1.807, 2.05) is 0 Å². The molecule has 0 fully saturated rings. The fourth-order valence-electron chi connectivity index (χ4n) is 0.385. The lowest BCUT2D eigenvalue weighted by atomic mass is 10.6. The molecule has 0 aromatic heterocycles. The molecule has 0 aromatic carbocycles. The largest absolute Gasteiger partial charge is 0.357 e. The second-order valence-corrected chi connectivity index (χ2v) is 2.09. The molecule has 0 aromatic rings. The molecule has 1 rings (SSSR count). The van der Waals surface area contributed by atoms with Crippen LogP contribution in [0.4, 0.5) is 0 Å². The molecule has 1 aliphatic heterocycles. The number of alkyl halides is 1. The van der Waals surface area contributed by atoms with Gasteiger partial charge < -0.3 is 5.32 Å². The Balaban J connectivity index is 2.63. The van der Waals surface area contributed by atoms with Crippen LogP contribution in [-0.4, -0.2) is 10.8 Å². The lowest BCUT2D eigenvalue weighted by Crippen LogP contribution is -2.19. The van der Waals surface area contributed by atoms with Crippen LogP contribution in [0, 0.1) is 0 Å². The monoisotopic (exact) mass is 150 g/mol. The van der Waals surface area contributed by atoms with Crippen molar-refractivity contribution in [1.82, 2.24) is 5.32 Å². The standard InChI is InChI=1S/C4H4Cl2N2/c5-3-1-2-7-4(6)8-3/h1-2,4,7H. The highest BCUT2D eigenvalue weighted by molar-refractivity contribution is 6.68. The summed E-state index contributed by atoms with van der Waals surface area (Å²) >= 11 is 10.9. The summed E-state index contributed by atoms with van der Waals surface area (Å²) < 4.78 is 0. The van der Waals surface area contributed by atoms with E-state index in [0.717, 1.165) is 0 Å². The number of allylic oxidation sites excluding steroid dienone is 1. The van der Waals surface area contributed by atoms with Crippen LogP contribution in [0.5, 0.6) is 0 Å². The zero-order chi connectivity index (χ0) is 5.98. The Hall–Kier alpha value is -0.210. The summed E-state index contributed by atoms with van der Waals surface area (Å²) in [5.41, 5.74) is -0.396. The van der Waals surface area contributed by atoms with Gasteiger partial charge in [0.15, 0.2) is 5.62 Å².